The Hall–Kier alpha value is -0.763. The monoisotopic (exact) mass is 270 g/mol. The normalized spacial score (nSPS) is 15.4. The third-order valence-electron chi connectivity index (χ3n) is 2.67. The van der Waals surface area contributed by atoms with Gasteiger partial charge < -0.3 is 24.7 Å². The van der Waals surface area contributed by atoms with Gasteiger partial charge >= 0.3 is 8.80 Å². The molecule has 5 nitrogen and oxygen atoms in total. The molecule has 1 unspecified atom stereocenters. The summed E-state index contributed by atoms with van der Waals surface area (Å²) in [7, 11) is 0.169. The Morgan fingerprint density at radius 2 is 1.72 bits per heavy atom. The molecular formula is C12H22N2O3Si. The molecule has 0 aliphatic heterocycles. The average Bonchev–Trinajstić information content (AvgIpc) is 2.37. The van der Waals surface area contributed by atoms with Crippen LogP contribution in [-0.2, 0) is 13.3 Å². The van der Waals surface area contributed by atoms with Crippen molar-refractivity contribution in [2.75, 3.05) is 20.8 Å². The van der Waals surface area contributed by atoms with Crippen LogP contribution in [0.15, 0.2) is 30.3 Å². The lowest BCUT2D eigenvalue weighted by Gasteiger charge is -2.35. The van der Waals surface area contributed by atoms with Crippen LogP contribution in [0, 0.1) is 0 Å². The lowest BCUT2D eigenvalue weighted by atomic mass is 10.2. The summed E-state index contributed by atoms with van der Waals surface area (Å²) in [4.78, 5) is 0. The highest BCUT2D eigenvalue weighted by Crippen LogP contribution is 2.17. The van der Waals surface area contributed by atoms with Crippen molar-refractivity contribution < 1.29 is 13.3 Å². The predicted octanol–water partition coefficient (Wildman–Crippen LogP) is 0.166. The van der Waals surface area contributed by atoms with Crippen molar-refractivity contribution in [3.8, 4) is 0 Å². The molecule has 1 aromatic rings. The second-order valence-corrected chi connectivity index (χ2v) is 6.99. The fourth-order valence-electron chi connectivity index (χ4n) is 1.75. The minimum Gasteiger partial charge on any atom is -0.373 e. The van der Waals surface area contributed by atoms with Crippen molar-refractivity contribution in [1.82, 2.24) is 0 Å². The van der Waals surface area contributed by atoms with E-state index in [4.69, 9.17) is 24.7 Å². The quantitative estimate of drug-likeness (QED) is 0.545. The van der Waals surface area contributed by atoms with Gasteiger partial charge in [0.1, 0.15) is 5.72 Å². The fraction of sp³-hybridized carbons (Fsp3) is 0.500. The van der Waals surface area contributed by atoms with E-state index in [1.54, 1.807) is 21.1 Å². The Bertz CT molecular complexity index is 356. The van der Waals surface area contributed by atoms with E-state index in [-0.39, 0.29) is 0 Å². The van der Waals surface area contributed by atoms with E-state index in [2.05, 4.69) is 0 Å². The van der Waals surface area contributed by atoms with Gasteiger partial charge in [0.15, 0.2) is 0 Å². The zero-order valence-electron chi connectivity index (χ0n) is 11.2. The third kappa shape index (κ3) is 3.61. The molecule has 0 aliphatic rings. The number of hydrogen-bond donors (Lipinski definition) is 2. The smallest absolute Gasteiger partial charge is 0.373 e. The Morgan fingerprint density at radius 3 is 2.17 bits per heavy atom. The van der Waals surface area contributed by atoms with Crippen LogP contribution in [0.1, 0.15) is 13.3 Å². The van der Waals surface area contributed by atoms with Crippen LogP contribution in [0.3, 0.4) is 0 Å². The zero-order chi connectivity index (χ0) is 13.6. The summed E-state index contributed by atoms with van der Waals surface area (Å²) in [5, 5.41) is 0.878. The van der Waals surface area contributed by atoms with Gasteiger partial charge in [0, 0.05) is 25.8 Å². The van der Waals surface area contributed by atoms with Crippen LogP contribution < -0.4 is 16.7 Å². The van der Waals surface area contributed by atoms with E-state index in [1.807, 2.05) is 30.3 Å². The van der Waals surface area contributed by atoms with Crippen molar-refractivity contribution in [1.29, 1.82) is 0 Å². The maximum atomic E-state index is 6.07. The first-order valence-electron chi connectivity index (χ1n) is 5.84. The molecule has 1 atom stereocenters. The molecule has 0 saturated carbocycles. The summed E-state index contributed by atoms with van der Waals surface area (Å²) in [5.41, 5.74) is 10.7. The van der Waals surface area contributed by atoms with Gasteiger partial charge in [0.05, 0.1) is 0 Å². The Kier molecular flexibility index (Phi) is 5.45. The summed E-state index contributed by atoms with van der Waals surface area (Å²) < 4.78 is 17.0. The standard InChI is InChI=1S/C12H22N2O3Si/c1-12(14,9-10-13)17-18(15-2,16-3)11-7-5-4-6-8-11/h4-8H,9-10,13-14H2,1-3H3. The zero-order valence-corrected chi connectivity index (χ0v) is 12.2. The Balaban J connectivity index is 3.01. The molecule has 18 heavy (non-hydrogen) atoms. The van der Waals surface area contributed by atoms with Crippen molar-refractivity contribution in [3.05, 3.63) is 30.3 Å². The van der Waals surface area contributed by atoms with Crippen LogP contribution in [0.2, 0.25) is 0 Å². The predicted molar refractivity (Wildman–Crippen MR) is 73.2 cm³/mol. The van der Waals surface area contributed by atoms with Gasteiger partial charge in [-0.3, -0.25) is 0 Å². The molecular weight excluding hydrogens is 248 g/mol. The fourth-order valence-corrected chi connectivity index (χ4v) is 3.99. The second kappa shape index (κ2) is 6.42. The van der Waals surface area contributed by atoms with Crippen LogP contribution in [0.4, 0.5) is 0 Å². The van der Waals surface area contributed by atoms with Crippen LogP contribution in [0.5, 0.6) is 0 Å². The number of rotatable bonds is 7. The molecule has 0 heterocycles. The van der Waals surface area contributed by atoms with Gasteiger partial charge in [-0.15, -0.1) is 0 Å². The topological polar surface area (TPSA) is 79.7 Å². The molecule has 0 saturated heterocycles. The third-order valence-corrected chi connectivity index (χ3v) is 5.52. The SMILES string of the molecule is CO[Si](OC)(OC(C)(N)CCN)c1ccccc1. The van der Waals surface area contributed by atoms with Crippen molar-refractivity contribution in [2.45, 2.75) is 19.1 Å². The molecule has 0 radical (unpaired) electrons. The minimum atomic E-state index is -2.97. The highest BCUT2D eigenvalue weighted by Gasteiger charge is 2.46. The van der Waals surface area contributed by atoms with Gasteiger partial charge in [-0.25, -0.2) is 0 Å². The molecule has 0 spiro atoms. The van der Waals surface area contributed by atoms with E-state index in [1.165, 1.54) is 0 Å². The van der Waals surface area contributed by atoms with Crippen LogP contribution in [0.25, 0.3) is 0 Å². The summed E-state index contributed by atoms with van der Waals surface area (Å²) >= 11 is 0. The summed E-state index contributed by atoms with van der Waals surface area (Å²) in [6.45, 7) is 2.22. The van der Waals surface area contributed by atoms with Crippen molar-refractivity contribution >= 4 is 14.0 Å². The van der Waals surface area contributed by atoms with Crippen LogP contribution in [-0.4, -0.2) is 35.3 Å². The Morgan fingerprint density at radius 1 is 1.17 bits per heavy atom. The maximum absolute atomic E-state index is 6.07. The molecule has 0 amide bonds. The lowest BCUT2D eigenvalue weighted by molar-refractivity contribution is 0.00347. The molecule has 102 valence electrons. The molecule has 0 bridgehead atoms. The minimum absolute atomic E-state index is 0.444. The Labute approximate surface area is 109 Å². The molecule has 0 aliphatic carbocycles. The molecule has 6 heteroatoms. The second-order valence-electron chi connectivity index (χ2n) is 4.28. The summed E-state index contributed by atoms with van der Waals surface area (Å²) in [6.07, 6.45) is 0.529. The number of benzene rings is 1. The summed E-state index contributed by atoms with van der Waals surface area (Å²) in [5.74, 6) is 0. The number of nitrogens with two attached hydrogens (primary N) is 2. The highest BCUT2D eigenvalue weighted by atomic mass is 28.4. The van der Waals surface area contributed by atoms with Gasteiger partial charge in [-0.05, 0) is 13.5 Å². The van der Waals surface area contributed by atoms with Crippen LogP contribution >= 0.6 is 0 Å². The largest absolute Gasteiger partial charge is 0.538 e. The van der Waals surface area contributed by atoms with E-state index in [0.29, 0.717) is 13.0 Å². The van der Waals surface area contributed by atoms with Crippen molar-refractivity contribution in [2.24, 2.45) is 11.5 Å². The first-order valence-corrected chi connectivity index (χ1v) is 7.57. The average molecular weight is 270 g/mol. The maximum Gasteiger partial charge on any atom is 0.538 e. The van der Waals surface area contributed by atoms with E-state index >= 15 is 0 Å². The molecule has 1 aromatic carbocycles. The molecule has 0 aromatic heterocycles. The first kappa shape index (κ1) is 15.3. The van der Waals surface area contributed by atoms with Gasteiger partial charge in [0.2, 0.25) is 0 Å². The van der Waals surface area contributed by atoms with Gasteiger partial charge in [0.25, 0.3) is 0 Å². The van der Waals surface area contributed by atoms with Gasteiger partial charge in [-0.2, -0.15) is 0 Å². The highest BCUT2D eigenvalue weighted by molar-refractivity contribution is 6.75. The van der Waals surface area contributed by atoms with E-state index in [9.17, 15) is 0 Å². The van der Waals surface area contributed by atoms with Gasteiger partial charge in [-0.1, -0.05) is 30.3 Å². The molecule has 4 N–H and O–H groups in total. The van der Waals surface area contributed by atoms with Crippen molar-refractivity contribution in [3.63, 3.8) is 0 Å². The molecule has 1 rings (SSSR count). The lowest BCUT2D eigenvalue weighted by Crippen LogP contribution is -2.62. The van der Waals surface area contributed by atoms with E-state index < -0.39 is 14.5 Å². The summed E-state index contributed by atoms with van der Waals surface area (Å²) in [6, 6.07) is 9.58. The first-order chi connectivity index (χ1) is 8.49. The molecule has 0 fully saturated rings. The number of hydrogen-bond acceptors (Lipinski definition) is 5. The van der Waals surface area contributed by atoms with E-state index in [0.717, 1.165) is 5.19 Å².